The lowest BCUT2D eigenvalue weighted by Gasteiger charge is -2.10. The molecule has 0 aliphatic rings. The Morgan fingerprint density at radius 2 is 1.71 bits per heavy atom. The van der Waals surface area contributed by atoms with Crippen LogP contribution in [0.3, 0.4) is 0 Å². The quantitative estimate of drug-likeness (QED) is 0.471. The maximum Gasteiger partial charge on any atom is 0.272 e. The molecular formula is C8H16BCl3NO. The lowest BCUT2D eigenvalue weighted by molar-refractivity contribution is -0.120. The zero-order chi connectivity index (χ0) is 10.9. The SMILES string of the molecule is CC.CCCCNC(=O)C(Cl)(Cl)Cl.[B]. The van der Waals surface area contributed by atoms with Crippen LogP contribution in [0.5, 0.6) is 0 Å². The van der Waals surface area contributed by atoms with Gasteiger partial charge in [-0.1, -0.05) is 62.0 Å². The number of amides is 1. The average molecular weight is 259 g/mol. The molecule has 3 radical (unpaired) electrons. The summed E-state index contributed by atoms with van der Waals surface area (Å²) in [4.78, 5) is 10.8. The molecule has 0 aliphatic heterocycles. The van der Waals surface area contributed by atoms with E-state index in [-0.39, 0.29) is 8.41 Å². The average Bonchev–Trinajstić information content (AvgIpc) is 2.07. The Hall–Kier alpha value is 0.405. The van der Waals surface area contributed by atoms with Gasteiger partial charge in [-0.15, -0.1) is 0 Å². The van der Waals surface area contributed by atoms with Crippen LogP contribution in [-0.2, 0) is 4.79 Å². The molecule has 0 fully saturated rings. The van der Waals surface area contributed by atoms with Crippen LogP contribution >= 0.6 is 34.8 Å². The zero-order valence-electron chi connectivity index (χ0n) is 8.74. The van der Waals surface area contributed by atoms with E-state index in [0.717, 1.165) is 12.8 Å². The molecule has 1 amide bonds. The summed E-state index contributed by atoms with van der Waals surface area (Å²) in [6.07, 6.45) is 1.90. The van der Waals surface area contributed by atoms with E-state index in [9.17, 15) is 4.79 Å². The molecule has 0 rings (SSSR count). The predicted octanol–water partition coefficient (Wildman–Crippen LogP) is 2.92. The van der Waals surface area contributed by atoms with E-state index in [1.807, 2.05) is 20.8 Å². The highest BCUT2D eigenvalue weighted by atomic mass is 35.6. The van der Waals surface area contributed by atoms with Gasteiger partial charge < -0.3 is 5.32 Å². The van der Waals surface area contributed by atoms with E-state index in [1.54, 1.807) is 0 Å². The minimum Gasteiger partial charge on any atom is -0.352 e. The van der Waals surface area contributed by atoms with Crippen LogP contribution in [0.15, 0.2) is 0 Å². The van der Waals surface area contributed by atoms with Crippen LogP contribution in [0, 0.1) is 0 Å². The molecule has 0 spiro atoms. The van der Waals surface area contributed by atoms with Crippen LogP contribution < -0.4 is 5.32 Å². The Bertz CT molecular complexity index is 139. The molecule has 6 heteroatoms. The lowest BCUT2D eigenvalue weighted by Crippen LogP contribution is -2.34. The summed E-state index contributed by atoms with van der Waals surface area (Å²) in [6.45, 7) is 6.57. The molecule has 0 aromatic rings. The molecule has 0 atom stereocenters. The van der Waals surface area contributed by atoms with Crippen LogP contribution in [-0.4, -0.2) is 24.7 Å². The van der Waals surface area contributed by atoms with Crippen molar-refractivity contribution in [2.45, 2.75) is 37.4 Å². The normalized spacial score (nSPS) is 9.29. The fourth-order valence-corrected chi connectivity index (χ4v) is 0.679. The maximum atomic E-state index is 10.8. The van der Waals surface area contributed by atoms with Gasteiger partial charge in [0.2, 0.25) is 0 Å². The molecule has 0 aliphatic carbocycles. The molecule has 83 valence electrons. The van der Waals surface area contributed by atoms with Crippen molar-refractivity contribution >= 4 is 49.1 Å². The van der Waals surface area contributed by atoms with Crippen LogP contribution in [0.2, 0.25) is 0 Å². The third kappa shape index (κ3) is 12.4. The Morgan fingerprint density at radius 1 is 1.29 bits per heavy atom. The minimum absolute atomic E-state index is 0. The molecule has 14 heavy (non-hydrogen) atoms. The van der Waals surface area contributed by atoms with E-state index in [2.05, 4.69) is 5.32 Å². The van der Waals surface area contributed by atoms with Crippen molar-refractivity contribution in [3.05, 3.63) is 0 Å². The molecule has 1 N–H and O–H groups in total. The first-order valence-electron chi connectivity index (χ1n) is 4.33. The third-order valence-corrected chi connectivity index (χ3v) is 1.59. The van der Waals surface area contributed by atoms with Gasteiger partial charge in [-0.25, -0.2) is 0 Å². The molecule has 0 saturated heterocycles. The van der Waals surface area contributed by atoms with E-state index in [0.29, 0.717) is 6.54 Å². The van der Waals surface area contributed by atoms with Crippen molar-refractivity contribution in [1.29, 1.82) is 0 Å². The number of rotatable bonds is 3. The first-order chi connectivity index (χ1) is 5.98. The van der Waals surface area contributed by atoms with Crippen molar-refractivity contribution < 1.29 is 4.79 Å². The van der Waals surface area contributed by atoms with Crippen LogP contribution in [0.1, 0.15) is 33.6 Å². The Morgan fingerprint density at radius 3 is 2.00 bits per heavy atom. The monoisotopic (exact) mass is 258 g/mol. The van der Waals surface area contributed by atoms with Crippen molar-refractivity contribution in [3.63, 3.8) is 0 Å². The van der Waals surface area contributed by atoms with Gasteiger partial charge in [0.15, 0.2) is 0 Å². The van der Waals surface area contributed by atoms with Crippen molar-refractivity contribution in [2.75, 3.05) is 6.54 Å². The second-order valence-electron chi connectivity index (χ2n) is 2.11. The molecular weight excluding hydrogens is 243 g/mol. The molecule has 0 saturated carbocycles. The van der Waals surface area contributed by atoms with Gasteiger partial charge in [-0.2, -0.15) is 0 Å². The predicted molar refractivity (Wildman–Crippen MR) is 65.3 cm³/mol. The Balaban J connectivity index is -0.000000376. The fourth-order valence-electron chi connectivity index (χ4n) is 0.479. The zero-order valence-corrected chi connectivity index (χ0v) is 11.0. The lowest BCUT2D eigenvalue weighted by atomic mass is 10.3. The highest BCUT2D eigenvalue weighted by Gasteiger charge is 2.29. The summed E-state index contributed by atoms with van der Waals surface area (Å²) in [7, 11) is 0. The van der Waals surface area contributed by atoms with E-state index >= 15 is 0 Å². The van der Waals surface area contributed by atoms with Gasteiger partial charge in [-0.3, -0.25) is 4.79 Å². The maximum absolute atomic E-state index is 10.8. The number of nitrogens with one attached hydrogen (secondary N) is 1. The highest BCUT2D eigenvalue weighted by molar-refractivity contribution is 6.76. The number of alkyl halides is 3. The molecule has 0 unspecified atom stereocenters. The van der Waals surface area contributed by atoms with E-state index < -0.39 is 9.70 Å². The Kier molecular flexibility index (Phi) is 16.3. The summed E-state index contributed by atoms with van der Waals surface area (Å²) in [6, 6.07) is 0. The second kappa shape index (κ2) is 11.5. The van der Waals surface area contributed by atoms with Gasteiger partial charge in [0, 0.05) is 15.0 Å². The molecule has 2 nitrogen and oxygen atoms in total. The molecule has 0 aromatic carbocycles. The molecule has 0 aromatic heterocycles. The minimum atomic E-state index is -1.83. The standard InChI is InChI=1S/C6H10Cl3NO.C2H6.B/c1-2-3-4-10-5(11)6(7,8)9;1-2;/h2-4H2,1H3,(H,10,11);1-2H3;. The summed E-state index contributed by atoms with van der Waals surface area (Å²) in [5, 5.41) is 2.49. The number of unbranched alkanes of at least 4 members (excludes halogenated alkanes) is 1. The largest absolute Gasteiger partial charge is 0.352 e. The fraction of sp³-hybridized carbons (Fsp3) is 0.875. The van der Waals surface area contributed by atoms with Crippen molar-refractivity contribution in [3.8, 4) is 0 Å². The Labute approximate surface area is 103 Å². The smallest absolute Gasteiger partial charge is 0.272 e. The number of carbonyl (C=O) groups excluding carboxylic acids is 1. The van der Waals surface area contributed by atoms with E-state index in [1.165, 1.54) is 0 Å². The molecule has 0 bridgehead atoms. The second-order valence-corrected chi connectivity index (χ2v) is 4.39. The summed E-state index contributed by atoms with van der Waals surface area (Å²) >= 11 is 15.8. The molecule has 0 heterocycles. The van der Waals surface area contributed by atoms with Crippen molar-refractivity contribution in [1.82, 2.24) is 5.32 Å². The van der Waals surface area contributed by atoms with E-state index in [4.69, 9.17) is 34.8 Å². The van der Waals surface area contributed by atoms with Crippen LogP contribution in [0.25, 0.3) is 0 Å². The van der Waals surface area contributed by atoms with Gasteiger partial charge in [0.1, 0.15) is 0 Å². The summed E-state index contributed by atoms with van der Waals surface area (Å²) in [5.74, 6) is -0.559. The highest BCUT2D eigenvalue weighted by Crippen LogP contribution is 2.25. The summed E-state index contributed by atoms with van der Waals surface area (Å²) in [5.41, 5.74) is 0. The van der Waals surface area contributed by atoms with Crippen molar-refractivity contribution in [2.24, 2.45) is 0 Å². The number of carbonyl (C=O) groups is 1. The van der Waals surface area contributed by atoms with Gasteiger partial charge in [0.25, 0.3) is 9.70 Å². The van der Waals surface area contributed by atoms with Gasteiger partial charge in [0.05, 0.1) is 0 Å². The van der Waals surface area contributed by atoms with Crippen LogP contribution in [0.4, 0.5) is 0 Å². The van der Waals surface area contributed by atoms with Gasteiger partial charge >= 0.3 is 0 Å². The number of hydrogen-bond acceptors (Lipinski definition) is 1. The topological polar surface area (TPSA) is 29.1 Å². The first-order valence-corrected chi connectivity index (χ1v) is 5.47. The third-order valence-electron chi connectivity index (χ3n) is 1.07. The first kappa shape index (κ1) is 19.9. The van der Waals surface area contributed by atoms with Gasteiger partial charge in [-0.05, 0) is 6.42 Å². The number of hydrogen-bond donors (Lipinski definition) is 1. The summed E-state index contributed by atoms with van der Waals surface area (Å²) < 4.78 is -1.83. The number of halogens is 3.